The van der Waals surface area contributed by atoms with E-state index in [0.29, 0.717) is 27.9 Å². The maximum atomic E-state index is 12.5. The molecule has 28 heavy (non-hydrogen) atoms. The monoisotopic (exact) mass is 397 g/mol. The quantitative estimate of drug-likeness (QED) is 0.596. The van der Waals surface area contributed by atoms with E-state index < -0.39 is 0 Å². The van der Waals surface area contributed by atoms with Crippen molar-refractivity contribution in [3.63, 3.8) is 0 Å². The highest BCUT2D eigenvalue weighted by Crippen LogP contribution is 2.31. The van der Waals surface area contributed by atoms with Gasteiger partial charge >= 0.3 is 0 Å². The van der Waals surface area contributed by atoms with Crippen molar-refractivity contribution in [1.82, 2.24) is 9.97 Å². The zero-order valence-corrected chi connectivity index (χ0v) is 17.2. The van der Waals surface area contributed by atoms with Crippen LogP contribution in [0.25, 0.3) is 0 Å². The third-order valence-electron chi connectivity index (χ3n) is 4.04. The zero-order valence-electron chi connectivity index (χ0n) is 16.4. The summed E-state index contributed by atoms with van der Waals surface area (Å²) < 4.78 is 11.1. The normalized spacial score (nSPS) is 10.6. The summed E-state index contributed by atoms with van der Waals surface area (Å²) in [4.78, 5) is 21.9. The van der Waals surface area contributed by atoms with Crippen molar-refractivity contribution >= 4 is 22.9 Å². The lowest BCUT2D eigenvalue weighted by atomic mass is 10.2. The maximum absolute atomic E-state index is 12.5. The lowest BCUT2D eigenvalue weighted by molar-refractivity contribution is 0.102. The van der Waals surface area contributed by atoms with E-state index in [4.69, 9.17) is 9.47 Å². The Morgan fingerprint density at radius 3 is 2.68 bits per heavy atom. The molecule has 1 N–H and O–H groups in total. The van der Waals surface area contributed by atoms with Gasteiger partial charge in [-0.2, -0.15) is 0 Å². The first-order chi connectivity index (χ1) is 13.5. The van der Waals surface area contributed by atoms with Crippen LogP contribution in [0.5, 0.6) is 17.4 Å². The fraction of sp³-hybridized carbons (Fsp3) is 0.286. The number of thiazole rings is 1. The molecule has 0 saturated carbocycles. The topological polar surface area (TPSA) is 73.3 Å². The second-order valence-electron chi connectivity index (χ2n) is 6.37. The van der Waals surface area contributed by atoms with Crippen molar-refractivity contribution in [2.45, 2.75) is 33.6 Å². The van der Waals surface area contributed by atoms with Crippen molar-refractivity contribution < 1.29 is 14.3 Å². The van der Waals surface area contributed by atoms with E-state index in [1.165, 1.54) is 11.3 Å². The average molecular weight is 398 g/mol. The number of rotatable bonds is 7. The number of pyridine rings is 1. The third-order valence-corrected chi connectivity index (χ3v) is 5.25. The minimum atomic E-state index is -0.173. The Kier molecular flexibility index (Phi) is 6.26. The highest BCUT2D eigenvalue weighted by Gasteiger charge is 2.15. The SMILES string of the molecule is CCCc1nc(C)c(C(=O)Nc2ccc(Oc3ccc(C)cc3OC)nc2)s1. The van der Waals surface area contributed by atoms with Gasteiger partial charge in [-0.05, 0) is 50.5 Å². The Morgan fingerprint density at radius 1 is 1.18 bits per heavy atom. The Hall–Kier alpha value is -2.93. The predicted molar refractivity (Wildman–Crippen MR) is 111 cm³/mol. The van der Waals surface area contributed by atoms with Gasteiger partial charge in [0.2, 0.25) is 5.88 Å². The summed E-state index contributed by atoms with van der Waals surface area (Å²) in [6.45, 7) is 5.94. The Bertz CT molecular complexity index is 968. The van der Waals surface area contributed by atoms with E-state index in [2.05, 4.69) is 22.2 Å². The molecule has 0 spiro atoms. The molecule has 146 valence electrons. The minimum absolute atomic E-state index is 0.173. The van der Waals surface area contributed by atoms with Crippen molar-refractivity contribution in [1.29, 1.82) is 0 Å². The summed E-state index contributed by atoms with van der Waals surface area (Å²) in [5.41, 5.74) is 2.43. The first kappa shape index (κ1) is 19.8. The van der Waals surface area contributed by atoms with E-state index in [1.54, 1.807) is 25.4 Å². The number of ether oxygens (including phenoxy) is 2. The van der Waals surface area contributed by atoms with E-state index in [-0.39, 0.29) is 5.91 Å². The number of nitrogens with one attached hydrogen (secondary N) is 1. The van der Waals surface area contributed by atoms with Crippen LogP contribution >= 0.6 is 11.3 Å². The molecule has 7 heteroatoms. The lowest BCUT2D eigenvalue weighted by Crippen LogP contribution is -2.11. The number of amides is 1. The Labute approximate surface area is 168 Å². The van der Waals surface area contributed by atoms with Crippen molar-refractivity contribution in [2.75, 3.05) is 12.4 Å². The number of hydrogen-bond donors (Lipinski definition) is 1. The fourth-order valence-corrected chi connectivity index (χ4v) is 3.72. The fourth-order valence-electron chi connectivity index (χ4n) is 2.66. The second-order valence-corrected chi connectivity index (χ2v) is 7.45. The third kappa shape index (κ3) is 4.67. The number of nitrogens with zero attached hydrogens (tertiary/aromatic N) is 2. The van der Waals surface area contributed by atoms with Crippen LogP contribution < -0.4 is 14.8 Å². The number of anilines is 1. The summed E-state index contributed by atoms with van der Waals surface area (Å²) in [7, 11) is 1.60. The average Bonchev–Trinajstić information content (AvgIpc) is 3.05. The Morgan fingerprint density at radius 2 is 2.00 bits per heavy atom. The van der Waals surface area contributed by atoms with E-state index in [0.717, 1.165) is 29.1 Å². The molecule has 3 aromatic rings. The molecule has 3 rings (SSSR count). The molecule has 0 bridgehead atoms. The molecule has 1 aromatic carbocycles. The van der Waals surface area contributed by atoms with Gasteiger partial charge in [-0.25, -0.2) is 9.97 Å². The summed E-state index contributed by atoms with van der Waals surface area (Å²) >= 11 is 1.44. The number of benzene rings is 1. The number of carbonyl (C=O) groups excluding carboxylic acids is 1. The first-order valence-corrected chi connectivity index (χ1v) is 9.88. The molecule has 0 aliphatic carbocycles. The molecule has 0 aliphatic heterocycles. The first-order valence-electron chi connectivity index (χ1n) is 9.06. The van der Waals surface area contributed by atoms with E-state index in [9.17, 15) is 4.79 Å². The maximum Gasteiger partial charge on any atom is 0.267 e. The summed E-state index contributed by atoms with van der Waals surface area (Å²) in [5.74, 6) is 1.47. The number of carbonyl (C=O) groups is 1. The van der Waals surface area contributed by atoms with Gasteiger partial charge in [0.25, 0.3) is 5.91 Å². The van der Waals surface area contributed by atoms with Crippen LogP contribution in [0.2, 0.25) is 0 Å². The predicted octanol–water partition coefficient (Wildman–Crippen LogP) is 5.16. The highest BCUT2D eigenvalue weighted by molar-refractivity contribution is 7.13. The van der Waals surface area contributed by atoms with Gasteiger partial charge in [0, 0.05) is 6.07 Å². The molecule has 0 atom stereocenters. The van der Waals surface area contributed by atoms with Gasteiger partial charge in [-0.3, -0.25) is 4.79 Å². The van der Waals surface area contributed by atoms with Gasteiger partial charge in [-0.15, -0.1) is 11.3 Å². The molecule has 6 nitrogen and oxygen atoms in total. The molecular weight excluding hydrogens is 374 g/mol. The van der Waals surface area contributed by atoms with Crippen LogP contribution in [0, 0.1) is 13.8 Å². The molecule has 1 amide bonds. The molecule has 0 saturated heterocycles. The van der Waals surface area contributed by atoms with Crippen LogP contribution in [-0.4, -0.2) is 23.0 Å². The van der Waals surface area contributed by atoms with Gasteiger partial charge in [0.1, 0.15) is 4.88 Å². The van der Waals surface area contributed by atoms with Crippen LogP contribution in [0.3, 0.4) is 0 Å². The zero-order chi connectivity index (χ0) is 20.1. The van der Waals surface area contributed by atoms with Crippen molar-refractivity contribution in [3.8, 4) is 17.4 Å². The molecule has 0 aliphatic rings. The number of aryl methyl sites for hydroxylation is 3. The lowest BCUT2D eigenvalue weighted by Gasteiger charge is -2.10. The largest absolute Gasteiger partial charge is 0.493 e. The number of aromatic nitrogens is 2. The number of methoxy groups -OCH3 is 1. The molecular formula is C21H23N3O3S. The minimum Gasteiger partial charge on any atom is -0.493 e. The molecule has 0 unspecified atom stereocenters. The standard InChI is InChI=1S/C21H23N3O3S/c1-5-6-19-23-14(3)20(28-19)21(25)24-15-8-10-18(22-12-15)27-16-9-7-13(2)11-17(16)26-4/h7-12H,5-6H2,1-4H3,(H,24,25). The second kappa shape index (κ2) is 8.84. The van der Waals surface area contributed by atoms with Gasteiger partial charge in [0.05, 0.1) is 29.7 Å². The van der Waals surface area contributed by atoms with Crippen molar-refractivity contribution in [3.05, 3.63) is 57.7 Å². The van der Waals surface area contributed by atoms with Gasteiger partial charge < -0.3 is 14.8 Å². The van der Waals surface area contributed by atoms with Gasteiger partial charge in [-0.1, -0.05) is 13.0 Å². The molecule has 0 radical (unpaired) electrons. The molecule has 0 fully saturated rings. The molecule has 2 heterocycles. The summed E-state index contributed by atoms with van der Waals surface area (Å²) in [6, 6.07) is 9.14. The van der Waals surface area contributed by atoms with E-state index in [1.807, 2.05) is 32.0 Å². The van der Waals surface area contributed by atoms with Crippen LogP contribution in [0.4, 0.5) is 5.69 Å². The summed E-state index contributed by atoms with van der Waals surface area (Å²) in [5, 5.41) is 3.85. The van der Waals surface area contributed by atoms with Crippen molar-refractivity contribution in [2.24, 2.45) is 0 Å². The highest BCUT2D eigenvalue weighted by atomic mass is 32.1. The number of hydrogen-bond acceptors (Lipinski definition) is 6. The Balaban J connectivity index is 1.68. The molecule has 2 aromatic heterocycles. The van der Waals surface area contributed by atoms with Gasteiger partial charge in [0.15, 0.2) is 11.5 Å². The summed E-state index contributed by atoms with van der Waals surface area (Å²) in [6.07, 6.45) is 3.46. The van der Waals surface area contributed by atoms with E-state index >= 15 is 0 Å². The van der Waals surface area contributed by atoms with Crippen LogP contribution in [0.15, 0.2) is 36.5 Å². The smallest absolute Gasteiger partial charge is 0.267 e. The van der Waals surface area contributed by atoms with Crippen LogP contribution in [0.1, 0.15) is 39.3 Å². The van der Waals surface area contributed by atoms with Crippen LogP contribution in [-0.2, 0) is 6.42 Å².